The number of carbonyl (C=O) groups excluding carboxylic acids is 2. The van der Waals surface area contributed by atoms with Crippen LogP contribution in [0.1, 0.15) is 71.4 Å². The highest BCUT2D eigenvalue weighted by Crippen LogP contribution is 2.40. The maximum atomic E-state index is 12.9. The van der Waals surface area contributed by atoms with E-state index in [1.54, 1.807) is 4.52 Å². The van der Waals surface area contributed by atoms with Crippen LogP contribution < -0.4 is 5.32 Å². The molecular formula is C23H29N5O3S. The van der Waals surface area contributed by atoms with Gasteiger partial charge in [0.1, 0.15) is 11.3 Å². The van der Waals surface area contributed by atoms with Gasteiger partial charge in [0.2, 0.25) is 5.91 Å². The number of ether oxygens (including phenoxy) is 1. The molecule has 32 heavy (non-hydrogen) atoms. The van der Waals surface area contributed by atoms with E-state index in [1.807, 2.05) is 27.7 Å². The molecule has 1 N–H and O–H groups in total. The molecule has 0 saturated heterocycles. The van der Waals surface area contributed by atoms with Crippen LogP contribution >= 0.6 is 11.3 Å². The average Bonchev–Trinajstić information content (AvgIpc) is 3.30. The molecule has 170 valence electrons. The predicted octanol–water partition coefficient (Wildman–Crippen LogP) is 4.06. The molecule has 0 aliphatic heterocycles. The number of carbonyl (C=O) groups is 2. The summed E-state index contributed by atoms with van der Waals surface area (Å²) in [6, 6.07) is 0. The van der Waals surface area contributed by atoms with Crippen LogP contribution in [0.3, 0.4) is 0 Å². The Hall–Kier alpha value is -2.81. The number of fused-ring (bicyclic) bond motifs is 2. The summed E-state index contributed by atoms with van der Waals surface area (Å²) >= 11 is 1.51. The van der Waals surface area contributed by atoms with E-state index < -0.39 is 0 Å². The molecule has 1 aliphatic carbocycles. The minimum atomic E-state index is -0.352. The smallest absolute Gasteiger partial charge is 0.341 e. The zero-order valence-electron chi connectivity index (χ0n) is 19.2. The molecule has 1 amide bonds. The number of nitrogens with zero attached hydrogens (tertiary/aromatic N) is 4. The average molecular weight is 456 g/mol. The lowest BCUT2D eigenvalue weighted by molar-refractivity contribution is -0.116. The lowest BCUT2D eigenvalue weighted by atomic mass is 9.88. The Labute approximate surface area is 191 Å². The standard InChI is InChI=1S/C23H29N5O3S/c1-12(2)31-22(30)20-17-7-6-13(3)10-18(17)32-21(20)27-19(29)9-8-16-14(4)26-23-24-11-25-28(23)15(16)5/h11-13H,6-10H2,1-5H3,(H,27,29). The van der Waals surface area contributed by atoms with Gasteiger partial charge in [-0.25, -0.2) is 14.3 Å². The van der Waals surface area contributed by atoms with Crippen molar-refractivity contribution in [3.8, 4) is 0 Å². The number of aromatic nitrogens is 4. The largest absolute Gasteiger partial charge is 0.459 e. The summed E-state index contributed by atoms with van der Waals surface area (Å²) < 4.78 is 7.19. The van der Waals surface area contributed by atoms with Crippen molar-refractivity contribution in [2.45, 2.75) is 72.8 Å². The van der Waals surface area contributed by atoms with Crippen LogP contribution in [0.25, 0.3) is 5.78 Å². The second-order valence-electron chi connectivity index (χ2n) is 8.79. The highest BCUT2D eigenvalue weighted by atomic mass is 32.1. The van der Waals surface area contributed by atoms with Crippen molar-refractivity contribution in [3.05, 3.63) is 39.3 Å². The Morgan fingerprint density at radius 1 is 1.34 bits per heavy atom. The van der Waals surface area contributed by atoms with E-state index >= 15 is 0 Å². The molecule has 0 radical (unpaired) electrons. The van der Waals surface area contributed by atoms with Crippen molar-refractivity contribution < 1.29 is 14.3 Å². The van der Waals surface area contributed by atoms with E-state index in [2.05, 4.69) is 27.3 Å². The maximum absolute atomic E-state index is 12.9. The first-order valence-corrected chi connectivity index (χ1v) is 11.9. The fraction of sp³-hybridized carbons (Fsp3) is 0.522. The van der Waals surface area contributed by atoms with Crippen molar-refractivity contribution in [1.82, 2.24) is 19.6 Å². The molecular weight excluding hydrogens is 426 g/mol. The first kappa shape index (κ1) is 22.4. The van der Waals surface area contributed by atoms with E-state index in [9.17, 15) is 9.59 Å². The Morgan fingerprint density at radius 3 is 2.88 bits per heavy atom. The van der Waals surface area contributed by atoms with Crippen LogP contribution in [-0.4, -0.2) is 37.6 Å². The van der Waals surface area contributed by atoms with E-state index in [0.29, 0.717) is 28.7 Å². The van der Waals surface area contributed by atoms with Gasteiger partial charge >= 0.3 is 5.97 Å². The van der Waals surface area contributed by atoms with Gasteiger partial charge in [0.25, 0.3) is 5.78 Å². The molecule has 8 nitrogen and oxygen atoms in total. The molecule has 1 aliphatic rings. The van der Waals surface area contributed by atoms with Crippen molar-refractivity contribution >= 4 is 34.0 Å². The maximum Gasteiger partial charge on any atom is 0.341 e. The summed E-state index contributed by atoms with van der Waals surface area (Å²) in [5.74, 6) is 0.645. The highest BCUT2D eigenvalue weighted by molar-refractivity contribution is 7.17. The molecule has 0 saturated carbocycles. The molecule has 0 fully saturated rings. The Morgan fingerprint density at radius 2 is 2.12 bits per heavy atom. The molecule has 3 aromatic rings. The first-order chi connectivity index (χ1) is 15.2. The molecule has 0 bridgehead atoms. The van der Waals surface area contributed by atoms with Gasteiger partial charge in [-0.15, -0.1) is 11.3 Å². The zero-order valence-corrected chi connectivity index (χ0v) is 20.0. The summed E-state index contributed by atoms with van der Waals surface area (Å²) in [6.45, 7) is 9.77. The van der Waals surface area contributed by atoms with Gasteiger partial charge in [0.15, 0.2) is 0 Å². The number of hydrogen-bond acceptors (Lipinski definition) is 7. The van der Waals surface area contributed by atoms with Crippen molar-refractivity contribution in [2.75, 3.05) is 5.32 Å². The fourth-order valence-electron chi connectivity index (χ4n) is 4.27. The molecule has 9 heteroatoms. The van der Waals surface area contributed by atoms with Crippen LogP contribution in [0, 0.1) is 19.8 Å². The van der Waals surface area contributed by atoms with E-state index in [1.165, 1.54) is 22.5 Å². The summed E-state index contributed by atoms with van der Waals surface area (Å²) in [6.07, 6.45) is 4.88. The Kier molecular flexibility index (Phi) is 6.28. The van der Waals surface area contributed by atoms with Crippen molar-refractivity contribution in [3.63, 3.8) is 0 Å². The zero-order chi connectivity index (χ0) is 23.0. The van der Waals surface area contributed by atoms with Crippen molar-refractivity contribution in [1.29, 1.82) is 0 Å². The Balaban J connectivity index is 1.54. The number of esters is 1. The van der Waals surface area contributed by atoms with Crippen LogP contribution in [0.4, 0.5) is 5.00 Å². The normalized spacial score (nSPS) is 15.8. The van der Waals surface area contributed by atoms with E-state index in [4.69, 9.17) is 4.74 Å². The van der Waals surface area contributed by atoms with E-state index in [-0.39, 0.29) is 24.4 Å². The third-order valence-corrected chi connectivity index (χ3v) is 7.07. The van der Waals surface area contributed by atoms with Gasteiger partial charge in [-0.3, -0.25) is 4.79 Å². The number of thiophene rings is 1. The number of hydrogen-bond donors (Lipinski definition) is 1. The first-order valence-electron chi connectivity index (χ1n) is 11.1. The fourth-order valence-corrected chi connectivity index (χ4v) is 5.69. The number of anilines is 1. The van der Waals surface area contributed by atoms with E-state index in [0.717, 1.165) is 41.8 Å². The second-order valence-corrected chi connectivity index (χ2v) is 9.90. The molecule has 1 atom stereocenters. The molecule has 3 heterocycles. The Bertz CT molecular complexity index is 1180. The SMILES string of the molecule is Cc1nc2ncnn2c(C)c1CCC(=O)Nc1sc2c(c1C(=O)OC(C)C)CCC(C)C2. The highest BCUT2D eigenvalue weighted by Gasteiger charge is 2.29. The molecule has 0 aromatic carbocycles. The van der Waals surface area contributed by atoms with Crippen LogP contribution in [0.15, 0.2) is 6.33 Å². The summed E-state index contributed by atoms with van der Waals surface area (Å²) in [5.41, 5.74) is 4.34. The van der Waals surface area contributed by atoms with Crippen LogP contribution in [0.5, 0.6) is 0 Å². The van der Waals surface area contributed by atoms with Gasteiger partial charge in [-0.1, -0.05) is 6.92 Å². The number of nitrogens with one attached hydrogen (secondary N) is 1. The van der Waals surface area contributed by atoms with Gasteiger partial charge < -0.3 is 10.1 Å². The minimum absolute atomic E-state index is 0.132. The predicted molar refractivity (Wildman–Crippen MR) is 123 cm³/mol. The number of rotatable bonds is 6. The van der Waals surface area contributed by atoms with Gasteiger partial charge in [-0.2, -0.15) is 10.1 Å². The lowest BCUT2D eigenvalue weighted by Gasteiger charge is -2.18. The number of aryl methyl sites for hydroxylation is 2. The summed E-state index contributed by atoms with van der Waals surface area (Å²) in [7, 11) is 0. The summed E-state index contributed by atoms with van der Waals surface area (Å²) in [5, 5.41) is 7.82. The molecule has 0 spiro atoms. The van der Waals surface area contributed by atoms with Gasteiger partial charge in [-0.05, 0) is 70.4 Å². The third kappa shape index (κ3) is 4.39. The quantitative estimate of drug-likeness (QED) is 0.563. The number of amides is 1. The topological polar surface area (TPSA) is 98.5 Å². The molecule has 4 rings (SSSR count). The third-order valence-electron chi connectivity index (χ3n) is 5.90. The van der Waals surface area contributed by atoms with Crippen molar-refractivity contribution in [2.24, 2.45) is 5.92 Å². The summed E-state index contributed by atoms with van der Waals surface area (Å²) in [4.78, 5) is 35.5. The van der Waals surface area contributed by atoms with Gasteiger partial charge in [0, 0.05) is 22.7 Å². The lowest BCUT2D eigenvalue weighted by Crippen LogP contribution is -2.19. The van der Waals surface area contributed by atoms with Crippen LogP contribution in [-0.2, 0) is 28.8 Å². The second kappa shape index (κ2) is 8.97. The minimum Gasteiger partial charge on any atom is -0.459 e. The monoisotopic (exact) mass is 455 g/mol. The molecule has 3 aromatic heterocycles. The van der Waals surface area contributed by atoms with Crippen LogP contribution in [0.2, 0.25) is 0 Å². The molecule has 1 unspecified atom stereocenters. The van der Waals surface area contributed by atoms with Gasteiger partial charge in [0.05, 0.1) is 11.7 Å².